The van der Waals surface area contributed by atoms with Crippen molar-refractivity contribution in [3.8, 4) is 0 Å². The first-order valence-electron chi connectivity index (χ1n) is 7.90. The molecule has 0 bridgehead atoms. The lowest BCUT2D eigenvalue weighted by molar-refractivity contribution is -0.136. The predicted octanol–water partition coefficient (Wildman–Crippen LogP) is 3.03. The third-order valence-electron chi connectivity index (χ3n) is 4.11. The lowest BCUT2D eigenvalue weighted by Gasteiger charge is -2.35. The van der Waals surface area contributed by atoms with Crippen molar-refractivity contribution in [1.29, 1.82) is 0 Å². The van der Waals surface area contributed by atoms with Crippen LogP contribution in [0.15, 0.2) is 53.1 Å². The summed E-state index contributed by atoms with van der Waals surface area (Å²) in [5.74, 6) is 3.10. The molecule has 122 valence electrons. The van der Waals surface area contributed by atoms with E-state index in [1.807, 2.05) is 61.3 Å². The van der Waals surface area contributed by atoms with Gasteiger partial charge in [-0.1, -0.05) is 30.3 Å². The summed E-state index contributed by atoms with van der Waals surface area (Å²) < 4.78 is 5.37. The number of thioether (sulfide) groups is 1. The van der Waals surface area contributed by atoms with Gasteiger partial charge in [0.05, 0.1) is 12.8 Å². The molecule has 1 amide bonds. The van der Waals surface area contributed by atoms with Crippen LogP contribution in [0.4, 0.5) is 0 Å². The van der Waals surface area contributed by atoms with Crippen molar-refractivity contribution in [2.75, 3.05) is 31.6 Å². The van der Waals surface area contributed by atoms with Gasteiger partial charge in [-0.2, -0.15) is 11.8 Å². The molecular weight excluding hydrogens is 308 g/mol. The second-order valence-electron chi connectivity index (χ2n) is 5.74. The van der Waals surface area contributed by atoms with Crippen LogP contribution in [0.1, 0.15) is 17.4 Å². The zero-order chi connectivity index (χ0) is 16.1. The van der Waals surface area contributed by atoms with E-state index in [1.165, 1.54) is 0 Å². The summed E-state index contributed by atoms with van der Waals surface area (Å²) in [6.07, 6.45) is 1.64. The zero-order valence-corrected chi connectivity index (χ0v) is 14.2. The lowest BCUT2D eigenvalue weighted by Crippen LogP contribution is -2.44. The topological polar surface area (TPSA) is 36.7 Å². The zero-order valence-electron chi connectivity index (χ0n) is 13.4. The molecule has 0 radical (unpaired) electrons. The Hall–Kier alpha value is -1.72. The Kier molecular flexibility index (Phi) is 5.41. The highest BCUT2D eigenvalue weighted by Gasteiger charge is 2.31. The first-order valence-corrected chi connectivity index (χ1v) is 9.05. The maximum Gasteiger partial charge on any atom is 0.244 e. The summed E-state index contributed by atoms with van der Waals surface area (Å²) in [6, 6.07) is 13.6. The second kappa shape index (κ2) is 7.70. The van der Waals surface area contributed by atoms with E-state index in [2.05, 4.69) is 4.90 Å². The van der Waals surface area contributed by atoms with Gasteiger partial charge in [0.25, 0.3) is 0 Å². The minimum Gasteiger partial charge on any atom is -0.467 e. The Morgan fingerprint density at radius 3 is 2.61 bits per heavy atom. The molecule has 5 heteroatoms. The third-order valence-corrected chi connectivity index (χ3v) is 5.05. The number of likely N-dealkylation sites (N-methyl/N-ethyl adjacent to an activating group) is 1. The summed E-state index contributed by atoms with van der Waals surface area (Å²) >= 11 is 1.95. The first kappa shape index (κ1) is 16.1. The van der Waals surface area contributed by atoms with E-state index < -0.39 is 0 Å². The lowest BCUT2D eigenvalue weighted by atomic mass is 10.0. The number of carbonyl (C=O) groups excluding carboxylic acids is 1. The molecule has 1 atom stereocenters. The average molecular weight is 330 g/mol. The molecule has 23 heavy (non-hydrogen) atoms. The van der Waals surface area contributed by atoms with E-state index >= 15 is 0 Å². The van der Waals surface area contributed by atoms with Crippen LogP contribution in [-0.4, -0.2) is 47.3 Å². The van der Waals surface area contributed by atoms with Gasteiger partial charge in [-0.05, 0) is 17.7 Å². The smallest absolute Gasteiger partial charge is 0.244 e. The SMILES string of the molecule is CN(Cc1ccco1)C(=O)[C@H](c1ccccc1)N1CCSCC1. The summed E-state index contributed by atoms with van der Waals surface area (Å²) in [4.78, 5) is 17.2. The highest BCUT2D eigenvalue weighted by Crippen LogP contribution is 2.26. The molecule has 2 heterocycles. The van der Waals surface area contributed by atoms with E-state index in [1.54, 1.807) is 11.2 Å². The molecule has 1 aliphatic heterocycles. The number of carbonyl (C=O) groups is 1. The van der Waals surface area contributed by atoms with Gasteiger partial charge in [-0.25, -0.2) is 0 Å². The van der Waals surface area contributed by atoms with Gasteiger partial charge in [-0.15, -0.1) is 0 Å². The molecule has 1 fully saturated rings. The molecule has 2 aromatic rings. The van der Waals surface area contributed by atoms with Crippen LogP contribution < -0.4 is 0 Å². The summed E-state index contributed by atoms with van der Waals surface area (Å²) in [6.45, 7) is 2.40. The number of amides is 1. The van der Waals surface area contributed by atoms with Crippen LogP contribution >= 0.6 is 11.8 Å². The quantitative estimate of drug-likeness (QED) is 0.844. The number of nitrogens with zero attached hydrogens (tertiary/aromatic N) is 2. The maximum absolute atomic E-state index is 13.1. The molecule has 0 aliphatic carbocycles. The fourth-order valence-electron chi connectivity index (χ4n) is 2.90. The van der Waals surface area contributed by atoms with E-state index in [0.29, 0.717) is 6.54 Å². The van der Waals surface area contributed by atoms with Crippen molar-refractivity contribution < 1.29 is 9.21 Å². The third kappa shape index (κ3) is 3.98. The van der Waals surface area contributed by atoms with Crippen LogP contribution in [0.2, 0.25) is 0 Å². The van der Waals surface area contributed by atoms with Gasteiger partial charge in [-0.3, -0.25) is 9.69 Å². The largest absolute Gasteiger partial charge is 0.467 e. The molecule has 3 rings (SSSR count). The number of hydrogen-bond acceptors (Lipinski definition) is 4. The number of furan rings is 1. The van der Waals surface area contributed by atoms with Crippen LogP contribution in [0.25, 0.3) is 0 Å². The van der Waals surface area contributed by atoms with E-state index in [-0.39, 0.29) is 11.9 Å². The number of benzene rings is 1. The standard InChI is InChI=1S/C18H22N2O2S/c1-19(14-16-8-5-11-22-16)18(21)17(15-6-3-2-4-7-15)20-9-12-23-13-10-20/h2-8,11,17H,9-10,12-14H2,1H3/t17-/m0/s1. The molecule has 1 saturated heterocycles. The summed E-state index contributed by atoms with van der Waals surface area (Å²) in [5.41, 5.74) is 1.07. The van der Waals surface area contributed by atoms with Gasteiger partial charge in [0.1, 0.15) is 11.8 Å². The molecule has 0 saturated carbocycles. The first-order chi connectivity index (χ1) is 11.3. The van der Waals surface area contributed by atoms with Crippen molar-refractivity contribution >= 4 is 17.7 Å². The van der Waals surface area contributed by atoms with Crippen molar-refractivity contribution in [3.05, 3.63) is 60.1 Å². The Morgan fingerprint density at radius 2 is 1.96 bits per heavy atom. The van der Waals surface area contributed by atoms with Crippen LogP contribution in [0, 0.1) is 0 Å². The summed E-state index contributed by atoms with van der Waals surface area (Å²) in [7, 11) is 1.85. The molecule has 1 aromatic heterocycles. The van der Waals surface area contributed by atoms with Gasteiger partial charge >= 0.3 is 0 Å². The minimum absolute atomic E-state index is 0.125. The van der Waals surface area contributed by atoms with Crippen LogP contribution in [0.3, 0.4) is 0 Å². The van der Waals surface area contributed by atoms with Crippen LogP contribution in [0.5, 0.6) is 0 Å². The predicted molar refractivity (Wildman–Crippen MR) is 93.3 cm³/mol. The number of hydrogen-bond donors (Lipinski definition) is 0. The molecule has 1 aromatic carbocycles. The Balaban J connectivity index is 1.80. The number of rotatable bonds is 5. The highest BCUT2D eigenvalue weighted by molar-refractivity contribution is 7.99. The summed E-state index contributed by atoms with van der Waals surface area (Å²) in [5, 5.41) is 0. The van der Waals surface area contributed by atoms with Gasteiger partial charge in [0.2, 0.25) is 5.91 Å². The van der Waals surface area contributed by atoms with E-state index in [4.69, 9.17) is 4.42 Å². The Morgan fingerprint density at radius 1 is 1.22 bits per heavy atom. The molecule has 4 nitrogen and oxygen atoms in total. The Labute approximate surface area is 141 Å². The van der Waals surface area contributed by atoms with Crippen LogP contribution in [-0.2, 0) is 11.3 Å². The van der Waals surface area contributed by atoms with Crippen molar-refractivity contribution in [2.24, 2.45) is 0 Å². The van der Waals surface area contributed by atoms with Gasteiger partial charge in [0.15, 0.2) is 0 Å². The normalized spacial score (nSPS) is 16.9. The molecule has 0 spiro atoms. The fourth-order valence-corrected chi connectivity index (χ4v) is 3.83. The molecule has 0 N–H and O–H groups in total. The van der Waals surface area contributed by atoms with Crippen molar-refractivity contribution in [3.63, 3.8) is 0 Å². The van der Waals surface area contributed by atoms with E-state index in [0.717, 1.165) is 35.9 Å². The molecule has 1 aliphatic rings. The second-order valence-corrected chi connectivity index (χ2v) is 6.96. The highest BCUT2D eigenvalue weighted by atomic mass is 32.2. The van der Waals surface area contributed by atoms with Gasteiger partial charge in [0, 0.05) is 31.6 Å². The maximum atomic E-state index is 13.1. The average Bonchev–Trinajstić information content (AvgIpc) is 3.10. The Bertz CT molecular complexity index is 609. The fraction of sp³-hybridized carbons (Fsp3) is 0.389. The van der Waals surface area contributed by atoms with Crippen molar-refractivity contribution in [1.82, 2.24) is 9.80 Å². The minimum atomic E-state index is -0.211. The monoisotopic (exact) mass is 330 g/mol. The van der Waals surface area contributed by atoms with Crippen molar-refractivity contribution in [2.45, 2.75) is 12.6 Å². The van der Waals surface area contributed by atoms with E-state index in [9.17, 15) is 4.79 Å². The molecule has 0 unspecified atom stereocenters. The van der Waals surface area contributed by atoms with Gasteiger partial charge < -0.3 is 9.32 Å². The molecular formula is C18H22N2O2S.